The van der Waals surface area contributed by atoms with Crippen LogP contribution < -0.4 is 16.2 Å². The molecule has 216 valence electrons. The predicted octanol–water partition coefficient (Wildman–Crippen LogP) is 10.0. The summed E-state index contributed by atoms with van der Waals surface area (Å²) in [5, 5.41) is 11.7. The SMILES string of the molecule is Cc1ccc(Nc2ccccc2-c2cc(C)c3c4ccc5ccccc5c4n4c3c2Bc2cc3sc5ccccc5c3cc2-4)cc1. The molecule has 0 fully saturated rings. The highest BCUT2D eigenvalue weighted by atomic mass is 32.1. The minimum atomic E-state index is 0.888. The van der Waals surface area contributed by atoms with Crippen LogP contribution in [-0.2, 0) is 0 Å². The zero-order valence-corrected chi connectivity index (χ0v) is 26.5. The maximum atomic E-state index is 3.75. The van der Waals surface area contributed by atoms with Gasteiger partial charge in [-0.2, -0.15) is 0 Å². The fourth-order valence-corrected chi connectivity index (χ4v) is 9.01. The minimum absolute atomic E-state index is 0.888. The molecule has 7 aromatic carbocycles. The van der Waals surface area contributed by atoms with Gasteiger partial charge >= 0.3 is 0 Å². The zero-order valence-electron chi connectivity index (χ0n) is 25.7. The highest BCUT2D eigenvalue weighted by Crippen LogP contribution is 2.43. The molecule has 10 rings (SSSR count). The van der Waals surface area contributed by atoms with Gasteiger partial charge in [-0.1, -0.05) is 102 Å². The van der Waals surface area contributed by atoms with Crippen LogP contribution in [0.15, 0.2) is 127 Å². The summed E-state index contributed by atoms with van der Waals surface area (Å²) in [6.45, 7) is 4.43. The van der Waals surface area contributed by atoms with Crippen LogP contribution in [-0.4, -0.2) is 11.8 Å². The Kier molecular flexibility index (Phi) is 5.41. The number of para-hydroxylation sites is 1. The molecule has 1 aliphatic heterocycles. The summed E-state index contributed by atoms with van der Waals surface area (Å²) >= 11 is 1.90. The fourth-order valence-electron chi connectivity index (χ4n) is 7.86. The van der Waals surface area contributed by atoms with Crippen LogP contribution in [0.5, 0.6) is 0 Å². The average Bonchev–Trinajstić information content (AvgIpc) is 3.63. The molecule has 3 heterocycles. The van der Waals surface area contributed by atoms with E-state index in [4.69, 9.17) is 0 Å². The topological polar surface area (TPSA) is 17.0 Å². The Morgan fingerprint density at radius 3 is 2.28 bits per heavy atom. The Labute approximate surface area is 271 Å². The molecule has 0 bridgehead atoms. The van der Waals surface area contributed by atoms with Gasteiger partial charge in [0.15, 0.2) is 7.28 Å². The first-order chi connectivity index (χ1) is 22.6. The first-order valence-corrected chi connectivity index (χ1v) is 16.8. The molecule has 9 aromatic rings. The van der Waals surface area contributed by atoms with E-state index in [-0.39, 0.29) is 0 Å². The molecule has 46 heavy (non-hydrogen) atoms. The lowest BCUT2D eigenvalue weighted by Gasteiger charge is -2.25. The summed E-state index contributed by atoms with van der Waals surface area (Å²) in [7, 11) is 0.888. The number of aryl methyl sites for hydroxylation is 2. The number of benzene rings is 7. The van der Waals surface area contributed by atoms with E-state index in [2.05, 4.69) is 151 Å². The van der Waals surface area contributed by atoms with Crippen LogP contribution in [0.4, 0.5) is 11.4 Å². The van der Waals surface area contributed by atoms with Crippen molar-refractivity contribution in [2.75, 3.05) is 5.32 Å². The Balaban J connectivity index is 1.33. The third-order valence-corrected chi connectivity index (χ3v) is 11.1. The van der Waals surface area contributed by atoms with Gasteiger partial charge in [-0.3, -0.25) is 0 Å². The molecule has 2 aromatic heterocycles. The number of aromatic nitrogens is 1. The summed E-state index contributed by atoms with van der Waals surface area (Å²) in [5.74, 6) is 0. The smallest absolute Gasteiger partial charge is 0.198 e. The van der Waals surface area contributed by atoms with Crippen molar-refractivity contribution < 1.29 is 0 Å². The van der Waals surface area contributed by atoms with Crippen LogP contribution in [0.25, 0.3) is 69.6 Å². The quantitative estimate of drug-likeness (QED) is 0.199. The Morgan fingerprint density at radius 1 is 0.609 bits per heavy atom. The van der Waals surface area contributed by atoms with E-state index in [1.165, 1.54) is 91.6 Å². The molecule has 0 radical (unpaired) electrons. The maximum absolute atomic E-state index is 3.75. The van der Waals surface area contributed by atoms with E-state index >= 15 is 0 Å². The van der Waals surface area contributed by atoms with E-state index in [0.29, 0.717) is 0 Å². The molecule has 1 N–H and O–H groups in total. The molecule has 0 spiro atoms. The maximum Gasteiger partial charge on any atom is 0.198 e. The molecule has 0 saturated carbocycles. The number of rotatable bonds is 3. The third kappa shape index (κ3) is 3.65. The monoisotopic (exact) mass is 604 g/mol. The van der Waals surface area contributed by atoms with Gasteiger partial charge in [0, 0.05) is 64.5 Å². The van der Waals surface area contributed by atoms with Crippen molar-refractivity contribution in [1.82, 2.24) is 4.57 Å². The highest BCUT2D eigenvalue weighted by Gasteiger charge is 2.29. The number of hydrogen-bond acceptors (Lipinski definition) is 2. The van der Waals surface area contributed by atoms with Crippen LogP contribution in [0.1, 0.15) is 11.1 Å². The molecule has 1 aliphatic rings. The highest BCUT2D eigenvalue weighted by molar-refractivity contribution is 7.25. The van der Waals surface area contributed by atoms with Crippen LogP contribution in [0.3, 0.4) is 0 Å². The van der Waals surface area contributed by atoms with E-state index in [1.807, 2.05) is 11.3 Å². The molecule has 0 atom stereocenters. The molecule has 0 aliphatic carbocycles. The van der Waals surface area contributed by atoms with Gasteiger partial charge in [0.2, 0.25) is 0 Å². The van der Waals surface area contributed by atoms with Crippen molar-refractivity contribution in [3.63, 3.8) is 0 Å². The van der Waals surface area contributed by atoms with E-state index in [1.54, 1.807) is 0 Å². The summed E-state index contributed by atoms with van der Waals surface area (Å²) < 4.78 is 5.31. The van der Waals surface area contributed by atoms with Gasteiger partial charge < -0.3 is 9.88 Å². The molecule has 0 amide bonds. The van der Waals surface area contributed by atoms with Crippen molar-refractivity contribution in [1.29, 1.82) is 0 Å². The summed E-state index contributed by atoms with van der Waals surface area (Å²) in [6, 6.07) is 47.2. The lowest BCUT2D eigenvalue weighted by molar-refractivity contribution is 1.20. The van der Waals surface area contributed by atoms with Gasteiger partial charge in [0.1, 0.15) is 0 Å². The van der Waals surface area contributed by atoms with Crippen LogP contribution >= 0.6 is 11.3 Å². The number of nitrogens with one attached hydrogen (secondary N) is 1. The average molecular weight is 605 g/mol. The van der Waals surface area contributed by atoms with Gasteiger partial charge in [0.25, 0.3) is 0 Å². The second-order valence-corrected chi connectivity index (χ2v) is 13.8. The molecule has 2 nitrogen and oxygen atoms in total. The molecule has 4 heteroatoms. The lowest BCUT2D eigenvalue weighted by Crippen LogP contribution is -2.37. The number of fused-ring (bicyclic) bond motifs is 10. The Hall–Kier alpha value is -5.32. The zero-order chi connectivity index (χ0) is 30.5. The van der Waals surface area contributed by atoms with Crippen molar-refractivity contribution in [3.05, 3.63) is 139 Å². The van der Waals surface area contributed by atoms with Gasteiger partial charge in [0.05, 0.1) is 5.52 Å². The van der Waals surface area contributed by atoms with Crippen molar-refractivity contribution in [2.24, 2.45) is 0 Å². The normalized spacial score (nSPS) is 12.3. The standard InChI is InChI=1S/C42H29BN2S/c1-24-15-18-27(19-16-24)44-35-13-7-5-11-29(35)33-21-25(2)39-31-20-17-26-9-3-4-10-28(26)41(31)45-36-22-32-30-12-6-8-14-37(30)46-38(32)23-34(36)43-40(33)42(39)45/h3-23,43-44H,1-2H3. The Morgan fingerprint density at radius 2 is 1.39 bits per heavy atom. The lowest BCUT2D eigenvalue weighted by atomic mass is 9.58. The minimum Gasteiger partial charge on any atom is -0.355 e. The first kappa shape index (κ1) is 26.0. The Bertz CT molecular complexity index is 2710. The fraction of sp³-hybridized carbons (Fsp3) is 0.0476. The summed E-state index contributed by atoms with van der Waals surface area (Å²) in [6.07, 6.45) is 0. The summed E-state index contributed by atoms with van der Waals surface area (Å²) in [4.78, 5) is 0. The number of nitrogens with zero attached hydrogens (tertiary/aromatic N) is 1. The molecule has 0 unspecified atom stereocenters. The summed E-state index contributed by atoms with van der Waals surface area (Å²) in [5.41, 5.74) is 14.1. The van der Waals surface area contributed by atoms with Crippen molar-refractivity contribution in [2.45, 2.75) is 13.8 Å². The van der Waals surface area contributed by atoms with Gasteiger partial charge in [-0.05, 0) is 72.2 Å². The third-order valence-electron chi connectivity index (χ3n) is 9.95. The molecular weight excluding hydrogens is 575 g/mol. The largest absolute Gasteiger partial charge is 0.355 e. The van der Waals surface area contributed by atoms with E-state index in [0.717, 1.165) is 18.7 Å². The molecular formula is C42H29BN2S. The van der Waals surface area contributed by atoms with Gasteiger partial charge in [-0.25, -0.2) is 0 Å². The van der Waals surface area contributed by atoms with E-state index in [9.17, 15) is 0 Å². The predicted molar refractivity (Wildman–Crippen MR) is 202 cm³/mol. The van der Waals surface area contributed by atoms with Crippen LogP contribution in [0.2, 0.25) is 0 Å². The van der Waals surface area contributed by atoms with Crippen molar-refractivity contribution in [3.8, 4) is 16.8 Å². The van der Waals surface area contributed by atoms with Gasteiger partial charge in [-0.15, -0.1) is 11.3 Å². The van der Waals surface area contributed by atoms with E-state index < -0.39 is 0 Å². The van der Waals surface area contributed by atoms with Crippen molar-refractivity contribution >= 4 is 93.7 Å². The second-order valence-electron chi connectivity index (χ2n) is 12.8. The second kappa shape index (κ2) is 9.59. The number of hydrogen-bond donors (Lipinski definition) is 1. The number of anilines is 2. The molecule has 0 saturated heterocycles. The number of thiophene rings is 1. The first-order valence-electron chi connectivity index (χ1n) is 16.0. The van der Waals surface area contributed by atoms with Crippen LogP contribution in [0, 0.1) is 13.8 Å².